The molecule has 0 aromatic carbocycles. The molecule has 1 aromatic rings. The zero-order chi connectivity index (χ0) is 12.8. The Hall–Kier alpha value is -0.830. The van der Waals surface area contributed by atoms with E-state index in [0.29, 0.717) is 17.1 Å². The average molecular weight is 256 g/mol. The van der Waals surface area contributed by atoms with Crippen molar-refractivity contribution in [1.29, 1.82) is 0 Å². The topological polar surface area (TPSA) is 29.0 Å². The quantitative estimate of drug-likeness (QED) is 0.775. The molecule has 0 aliphatic heterocycles. The number of hydrogen-bond donors (Lipinski definition) is 0. The molecular weight excluding hydrogens is 234 g/mol. The first-order valence-electron chi connectivity index (χ1n) is 6.34. The molecule has 0 radical (unpaired) electrons. The first kappa shape index (κ1) is 14.2. The molecule has 0 spiro atoms. The third kappa shape index (κ3) is 4.15. The smallest absolute Gasteiger partial charge is 0.151 e. The van der Waals surface area contributed by atoms with Gasteiger partial charge in [0, 0.05) is 12.6 Å². The number of nitrogens with zero attached hydrogens (tertiary/aromatic N) is 3. The Morgan fingerprint density at radius 1 is 1.18 bits per heavy atom. The summed E-state index contributed by atoms with van der Waals surface area (Å²) >= 11 is 5.78. The second-order valence-corrected chi connectivity index (χ2v) is 5.12. The lowest BCUT2D eigenvalue weighted by Crippen LogP contribution is -2.38. The summed E-state index contributed by atoms with van der Waals surface area (Å²) in [6.45, 7) is 9.87. The van der Waals surface area contributed by atoms with Crippen molar-refractivity contribution >= 4 is 17.4 Å². The van der Waals surface area contributed by atoms with Crippen LogP contribution in [0.5, 0.6) is 0 Å². The van der Waals surface area contributed by atoms with Crippen LogP contribution in [0.1, 0.15) is 40.5 Å². The van der Waals surface area contributed by atoms with Crippen molar-refractivity contribution in [3.63, 3.8) is 0 Å². The minimum atomic E-state index is 0.447. The van der Waals surface area contributed by atoms with Gasteiger partial charge in [0.25, 0.3) is 0 Å². The lowest BCUT2D eigenvalue weighted by molar-refractivity contribution is 0.501. The van der Waals surface area contributed by atoms with E-state index in [1.165, 1.54) is 0 Å². The van der Waals surface area contributed by atoms with E-state index in [4.69, 9.17) is 11.6 Å². The molecule has 1 heterocycles. The van der Waals surface area contributed by atoms with Gasteiger partial charge in [-0.3, -0.25) is 0 Å². The predicted octanol–water partition coefficient (Wildman–Crippen LogP) is 3.78. The zero-order valence-corrected chi connectivity index (χ0v) is 11.9. The van der Waals surface area contributed by atoms with E-state index in [0.717, 1.165) is 25.2 Å². The molecule has 0 fully saturated rings. The van der Waals surface area contributed by atoms with Crippen molar-refractivity contribution in [3.8, 4) is 0 Å². The fraction of sp³-hybridized carbons (Fsp3) is 0.692. The summed E-state index contributed by atoms with van der Waals surface area (Å²) in [5.74, 6) is 1.53. The first-order chi connectivity index (χ1) is 8.08. The summed E-state index contributed by atoms with van der Waals surface area (Å²) in [5.41, 5.74) is 0. The van der Waals surface area contributed by atoms with Crippen LogP contribution in [0, 0.1) is 5.92 Å². The fourth-order valence-electron chi connectivity index (χ4n) is 2.01. The summed E-state index contributed by atoms with van der Waals surface area (Å²) in [4.78, 5) is 2.34. The molecule has 0 atom stereocenters. The van der Waals surface area contributed by atoms with Crippen LogP contribution in [0.4, 0.5) is 5.82 Å². The highest BCUT2D eigenvalue weighted by atomic mass is 35.5. The Kier molecular flexibility index (Phi) is 5.69. The lowest BCUT2D eigenvalue weighted by atomic mass is 10.1. The maximum absolute atomic E-state index is 5.78. The van der Waals surface area contributed by atoms with Gasteiger partial charge in [-0.1, -0.05) is 39.3 Å². The zero-order valence-electron chi connectivity index (χ0n) is 11.2. The van der Waals surface area contributed by atoms with E-state index < -0.39 is 0 Å². The minimum Gasteiger partial charge on any atom is -0.352 e. The van der Waals surface area contributed by atoms with Crippen LogP contribution < -0.4 is 4.90 Å². The van der Waals surface area contributed by atoms with Crippen molar-refractivity contribution < 1.29 is 0 Å². The van der Waals surface area contributed by atoms with E-state index in [9.17, 15) is 0 Å². The largest absolute Gasteiger partial charge is 0.352 e. The number of aromatic nitrogens is 2. The molecular formula is C13H22ClN3. The van der Waals surface area contributed by atoms with Gasteiger partial charge in [0.15, 0.2) is 11.0 Å². The molecule has 1 rings (SSSR count). The Morgan fingerprint density at radius 3 is 2.24 bits per heavy atom. The second kappa shape index (κ2) is 6.80. The Balaban J connectivity index is 2.92. The van der Waals surface area contributed by atoms with E-state index in [2.05, 4.69) is 42.8 Å². The molecule has 0 N–H and O–H groups in total. The van der Waals surface area contributed by atoms with Crippen LogP contribution >= 0.6 is 11.6 Å². The van der Waals surface area contributed by atoms with Crippen molar-refractivity contribution in [2.45, 2.75) is 46.6 Å². The third-order valence-corrected chi connectivity index (χ3v) is 3.06. The number of anilines is 1. The summed E-state index contributed by atoms with van der Waals surface area (Å²) in [6, 6.07) is 4.28. The van der Waals surface area contributed by atoms with Crippen LogP contribution in [0.3, 0.4) is 0 Å². The lowest BCUT2D eigenvalue weighted by Gasteiger charge is -2.32. The van der Waals surface area contributed by atoms with Crippen molar-refractivity contribution in [2.75, 3.05) is 11.4 Å². The highest BCUT2D eigenvalue weighted by molar-refractivity contribution is 6.29. The van der Waals surface area contributed by atoms with Gasteiger partial charge in [0.2, 0.25) is 0 Å². The van der Waals surface area contributed by atoms with Crippen molar-refractivity contribution in [1.82, 2.24) is 10.2 Å². The van der Waals surface area contributed by atoms with E-state index in [1.54, 1.807) is 6.07 Å². The van der Waals surface area contributed by atoms with Crippen molar-refractivity contribution in [3.05, 3.63) is 17.3 Å². The van der Waals surface area contributed by atoms with E-state index >= 15 is 0 Å². The van der Waals surface area contributed by atoms with Gasteiger partial charge in [0.05, 0.1) is 0 Å². The molecule has 4 heteroatoms. The minimum absolute atomic E-state index is 0.447. The summed E-state index contributed by atoms with van der Waals surface area (Å²) in [7, 11) is 0. The standard InChI is InChI=1S/C13H22ClN3/c1-5-11(6-2)17(9-10(3)4)13-8-7-12(14)15-16-13/h7-8,10-11H,5-6,9H2,1-4H3. The number of hydrogen-bond acceptors (Lipinski definition) is 3. The predicted molar refractivity (Wildman–Crippen MR) is 73.6 cm³/mol. The van der Waals surface area contributed by atoms with E-state index in [1.807, 2.05) is 6.07 Å². The Morgan fingerprint density at radius 2 is 1.82 bits per heavy atom. The Bertz CT molecular complexity index is 320. The SMILES string of the molecule is CCC(CC)N(CC(C)C)c1ccc(Cl)nn1. The molecule has 0 bridgehead atoms. The second-order valence-electron chi connectivity index (χ2n) is 4.73. The molecule has 0 saturated carbocycles. The van der Waals surface area contributed by atoms with Crippen LogP contribution in [0.25, 0.3) is 0 Å². The van der Waals surface area contributed by atoms with Gasteiger partial charge in [-0.2, -0.15) is 0 Å². The highest BCUT2D eigenvalue weighted by Crippen LogP contribution is 2.20. The van der Waals surface area contributed by atoms with Gasteiger partial charge in [-0.25, -0.2) is 0 Å². The van der Waals surface area contributed by atoms with Gasteiger partial charge in [-0.05, 0) is 30.9 Å². The molecule has 3 nitrogen and oxygen atoms in total. The van der Waals surface area contributed by atoms with Crippen LogP contribution in [0.15, 0.2) is 12.1 Å². The first-order valence-corrected chi connectivity index (χ1v) is 6.72. The van der Waals surface area contributed by atoms with Gasteiger partial charge in [-0.15, -0.1) is 10.2 Å². The molecule has 0 aliphatic carbocycles. The van der Waals surface area contributed by atoms with Crippen LogP contribution in [0.2, 0.25) is 5.15 Å². The molecule has 1 aromatic heterocycles. The summed E-state index contributed by atoms with van der Waals surface area (Å²) < 4.78 is 0. The third-order valence-electron chi connectivity index (χ3n) is 2.86. The van der Waals surface area contributed by atoms with Gasteiger partial charge < -0.3 is 4.90 Å². The summed E-state index contributed by atoms with van der Waals surface area (Å²) in [5, 5.41) is 8.57. The molecule has 0 amide bonds. The maximum atomic E-state index is 5.78. The van der Waals surface area contributed by atoms with Gasteiger partial charge >= 0.3 is 0 Å². The average Bonchev–Trinajstić information content (AvgIpc) is 2.30. The van der Waals surface area contributed by atoms with E-state index in [-0.39, 0.29) is 0 Å². The van der Waals surface area contributed by atoms with Crippen LogP contribution in [-0.4, -0.2) is 22.8 Å². The van der Waals surface area contributed by atoms with Crippen molar-refractivity contribution in [2.24, 2.45) is 5.92 Å². The normalized spacial score (nSPS) is 11.2. The van der Waals surface area contributed by atoms with Crippen LogP contribution in [-0.2, 0) is 0 Å². The molecule has 96 valence electrons. The molecule has 17 heavy (non-hydrogen) atoms. The summed E-state index contributed by atoms with van der Waals surface area (Å²) in [6.07, 6.45) is 2.24. The maximum Gasteiger partial charge on any atom is 0.151 e. The highest BCUT2D eigenvalue weighted by Gasteiger charge is 2.18. The monoisotopic (exact) mass is 255 g/mol. The fourth-order valence-corrected chi connectivity index (χ4v) is 2.12. The number of halogens is 1. The number of rotatable bonds is 6. The van der Waals surface area contributed by atoms with Gasteiger partial charge in [0.1, 0.15) is 0 Å². The Labute approximate surface area is 109 Å². The molecule has 0 saturated heterocycles. The molecule has 0 unspecified atom stereocenters. The molecule has 0 aliphatic rings.